The van der Waals surface area contributed by atoms with Gasteiger partial charge in [0.15, 0.2) is 0 Å². The molecule has 0 heterocycles. The molecule has 0 fully saturated rings. The van der Waals surface area contributed by atoms with Crippen LogP contribution >= 0.6 is 0 Å². The van der Waals surface area contributed by atoms with Gasteiger partial charge in [-0.25, -0.2) is 0 Å². The zero-order chi connectivity index (χ0) is 19.8. The number of unbranched alkanes of at least 4 members (excludes halogenated alkanes) is 1. The van der Waals surface area contributed by atoms with Crippen LogP contribution in [0.4, 0.5) is 0 Å². The summed E-state index contributed by atoms with van der Waals surface area (Å²) in [5.74, 6) is -5.98. The van der Waals surface area contributed by atoms with E-state index in [2.05, 4.69) is 6.92 Å². The van der Waals surface area contributed by atoms with E-state index in [1.807, 2.05) is 0 Å². The molecule has 0 aliphatic rings. The second-order valence-corrected chi connectivity index (χ2v) is 6.13. The molecule has 0 rings (SSSR count). The van der Waals surface area contributed by atoms with Gasteiger partial charge in [0, 0.05) is 24.8 Å². The molecule has 0 aromatic carbocycles. The van der Waals surface area contributed by atoms with Gasteiger partial charge in [0.2, 0.25) is 0 Å². The fourth-order valence-corrected chi connectivity index (χ4v) is 2.04. The number of hydrogen-bond donors (Lipinski definition) is 4. The van der Waals surface area contributed by atoms with Gasteiger partial charge in [-0.2, -0.15) is 0 Å². The molecule has 0 aliphatic carbocycles. The molecule has 138 valence electrons. The van der Waals surface area contributed by atoms with Gasteiger partial charge in [-0.3, -0.25) is 0 Å². The fourth-order valence-electron chi connectivity index (χ4n) is 0.992. The Kier molecular flexibility index (Phi) is 25.5. The molecule has 0 bridgehead atoms. The maximum Gasteiger partial charge on any atom is 2.00 e. The van der Waals surface area contributed by atoms with E-state index in [4.69, 9.17) is 20.4 Å². The van der Waals surface area contributed by atoms with E-state index in [0.717, 1.165) is 0 Å². The molecule has 4 N–H and O–H groups in total. The average molecular weight is 469 g/mol. The third-order valence-corrected chi connectivity index (χ3v) is 3.33. The van der Waals surface area contributed by atoms with Crippen molar-refractivity contribution < 1.29 is 87.9 Å². The number of hydrogen-bond acceptors (Lipinski definition) is 10. The second-order valence-electron chi connectivity index (χ2n) is 4.64. The van der Waals surface area contributed by atoms with Crippen LogP contribution in [0, 0.1) is 0 Å². The molecule has 0 spiro atoms. The minimum absolute atomic E-state index is 0. The molecular weight excluding hydrogens is 447 g/mol. The van der Waals surface area contributed by atoms with Gasteiger partial charge in [-0.15, -0.1) is 0 Å². The Bertz CT molecular complexity index is 343. The molecular formula is C13H22O10Zn2. The first kappa shape index (κ1) is 32.2. The maximum absolute atomic E-state index is 10.1. The number of aliphatic hydroxyl groups excluding tert-OH is 3. The molecule has 10 nitrogen and oxygen atoms in total. The van der Waals surface area contributed by atoms with Crippen LogP contribution in [0.5, 0.6) is 0 Å². The quantitative estimate of drug-likeness (QED) is 0.237. The van der Waals surface area contributed by atoms with Crippen molar-refractivity contribution in [3.63, 3.8) is 0 Å². The third kappa shape index (κ3) is 23.5. The monoisotopic (exact) mass is 466 g/mol. The van der Waals surface area contributed by atoms with E-state index in [1.165, 1.54) is 36.2 Å². The third-order valence-electron chi connectivity index (χ3n) is 2.28. The summed E-state index contributed by atoms with van der Waals surface area (Å²) in [6.45, 7) is 1.50. The Hall–Kier alpha value is -0.503. The van der Waals surface area contributed by atoms with E-state index in [-0.39, 0.29) is 32.7 Å². The van der Waals surface area contributed by atoms with Crippen LogP contribution in [-0.4, -0.2) is 63.3 Å². The average Bonchev–Trinajstić information content (AvgIpc) is 2.46. The van der Waals surface area contributed by atoms with Crippen molar-refractivity contribution >= 4 is 17.9 Å². The zero-order valence-electron chi connectivity index (χ0n) is 14.2. The minimum Gasteiger partial charge on any atom is -0.550 e. The molecule has 0 aromatic heterocycles. The Morgan fingerprint density at radius 1 is 1.04 bits per heavy atom. The number of carboxylic acid groups (broad SMARTS) is 3. The summed E-state index contributed by atoms with van der Waals surface area (Å²) >= 11 is 1.48. The number of aliphatic carboxylic acids is 3. The van der Waals surface area contributed by atoms with Gasteiger partial charge >= 0.3 is 62.6 Å². The zero-order valence-corrected chi connectivity index (χ0v) is 20.1. The molecule has 12 heteroatoms. The van der Waals surface area contributed by atoms with Crippen molar-refractivity contribution in [2.24, 2.45) is 0 Å². The number of carbonyl (C=O) groups excluding carboxylic acids is 3. The minimum atomic E-state index is -2.97. The van der Waals surface area contributed by atoms with E-state index in [1.54, 1.807) is 0 Å². The van der Waals surface area contributed by atoms with Gasteiger partial charge in [0.05, 0.1) is 19.2 Å². The Balaban J connectivity index is -0.000000154. The molecule has 0 saturated heterocycles. The molecule has 0 atom stereocenters. The van der Waals surface area contributed by atoms with E-state index < -0.39 is 42.5 Å². The molecule has 0 amide bonds. The smallest absolute Gasteiger partial charge is 0.550 e. The van der Waals surface area contributed by atoms with Gasteiger partial charge in [0.1, 0.15) is 11.7 Å². The van der Waals surface area contributed by atoms with Gasteiger partial charge in [0.25, 0.3) is 0 Å². The molecule has 25 heavy (non-hydrogen) atoms. The van der Waals surface area contributed by atoms with Gasteiger partial charge in [-0.1, -0.05) is 0 Å². The van der Waals surface area contributed by atoms with Crippen LogP contribution in [0.25, 0.3) is 0 Å². The standard InChI is InChI=1S/C6H8O7.C4H9.C3H8O3.2Zn/c7-3(8)1-6(13,5(11)12)2-4(9)10;1-3-4-2;4-1-3(6)2-5;;/h13H,1-2H2,(H,7,8)(H,9,10)(H,11,12);1,3-4H2,2H3;3-6H,1-2H2;;/q;;;+1;+2/p-3. The molecule has 0 radical (unpaired) electrons. The van der Waals surface area contributed by atoms with Crippen molar-refractivity contribution in [2.45, 2.75) is 49.3 Å². The van der Waals surface area contributed by atoms with Gasteiger partial charge in [-0.05, 0) is 0 Å². The number of rotatable bonds is 9. The van der Waals surface area contributed by atoms with Crippen LogP contribution in [0.3, 0.4) is 0 Å². The summed E-state index contributed by atoms with van der Waals surface area (Å²) in [7, 11) is 0. The van der Waals surface area contributed by atoms with Crippen molar-refractivity contribution in [1.29, 1.82) is 0 Å². The summed E-state index contributed by atoms with van der Waals surface area (Å²) in [6.07, 6.45) is -0.850. The number of carboxylic acids is 3. The van der Waals surface area contributed by atoms with Crippen LogP contribution in [-0.2, 0) is 52.2 Å². The predicted molar refractivity (Wildman–Crippen MR) is 69.1 cm³/mol. The van der Waals surface area contributed by atoms with E-state index in [9.17, 15) is 29.7 Å². The molecule has 0 aromatic rings. The largest absolute Gasteiger partial charge is 2.00 e. The van der Waals surface area contributed by atoms with E-state index in [0.29, 0.717) is 0 Å². The Morgan fingerprint density at radius 3 is 1.48 bits per heavy atom. The first-order valence-electron chi connectivity index (χ1n) is 7.03. The summed E-state index contributed by atoms with van der Waals surface area (Å²) in [5.41, 5.74) is -2.97. The predicted octanol–water partition coefficient (Wildman–Crippen LogP) is -5.17. The topological polar surface area (TPSA) is 201 Å². The summed E-state index contributed by atoms with van der Waals surface area (Å²) in [4.78, 5) is 30.0. The van der Waals surface area contributed by atoms with Crippen molar-refractivity contribution in [2.75, 3.05) is 13.2 Å². The van der Waals surface area contributed by atoms with E-state index >= 15 is 0 Å². The van der Waals surface area contributed by atoms with Crippen LogP contribution in [0.1, 0.15) is 32.6 Å². The summed E-state index contributed by atoms with van der Waals surface area (Å²) < 4.78 is 0. The maximum atomic E-state index is 10.1. The summed E-state index contributed by atoms with van der Waals surface area (Å²) in [6, 6.07) is 0. The van der Waals surface area contributed by atoms with Gasteiger partial charge < -0.3 is 50.1 Å². The van der Waals surface area contributed by atoms with Crippen molar-refractivity contribution in [3.8, 4) is 0 Å². The van der Waals surface area contributed by atoms with Crippen LogP contribution in [0.2, 0.25) is 5.02 Å². The SMILES string of the molecule is CCC[CH2][Zn+].O=C([O-])CC(O)(CC(=O)[O-])C(=O)[O-].OCC(O)CO.[Zn+2]. The normalized spacial score (nSPS) is 9.76. The Labute approximate surface area is 168 Å². The van der Waals surface area contributed by atoms with Crippen LogP contribution < -0.4 is 15.3 Å². The van der Waals surface area contributed by atoms with Crippen LogP contribution in [0.15, 0.2) is 0 Å². The molecule has 0 saturated carbocycles. The molecule has 0 aliphatic heterocycles. The number of aliphatic hydroxyl groups is 4. The fraction of sp³-hybridized carbons (Fsp3) is 0.769. The molecule has 0 unspecified atom stereocenters. The van der Waals surface area contributed by atoms with Crippen molar-refractivity contribution in [1.82, 2.24) is 0 Å². The number of carbonyl (C=O) groups is 3. The Morgan fingerprint density at radius 2 is 1.40 bits per heavy atom. The summed E-state index contributed by atoms with van der Waals surface area (Å²) in [5, 5.41) is 64.4. The first-order chi connectivity index (χ1) is 11.0. The first-order valence-corrected chi connectivity index (χ1v) is 9.12. The second kappa shape index (κ2) is 19.8. The van der Waals surface area contributed by atoms with Crippen molar-refractivity contribution in [3.05, 3.63) is 0 Å².